The van der Waals surface area contributed by atoms with Crippen molar-refractivity contribution in [2.75, 3.05) is 20.7 Å². The van der Waals surface area contributed by atoms with E-state index < -0.39 is 11.4 Å². The highest BCUT2D eigenvalue weighted by Gasteiger charge is 2.41. The highest BCUT2D eigenvalue weighted by atomic mass is 16.5. The Balaban J connectivity index is 2.05. The lowest BCUT2D eigenvalue weighted by Crippen LogP contribution is -2.39. The van der Waals surface area contributed by atoms with Gasteiger partial charge in [-0.25, -0.2) is 0 Å². The van der Waals surface area contributed by atoms with Gasteiger partial charge in [0.25, 0.3) is 0 Å². The molecule has 0 atom stereocenters. The molecule has 1 aliphatic carbocycles. The Labute approximate surface area is 120 Å². The summed E-state index contributed by atoms with van der Waals surface area (Å²) in [7, 11) is 3.64. The first-order valence-electron chi connectivity index (χ1n) is 7.11. The van der Waals surface area contributed by atoms with Crippen LogP contribution in [0.1, 0.15) is 31.2 Å². The van der Waals surface area contributed by atoms with Crippen molar-refractivity contribution in [2.24, 2.45) is 5.41 Å². The van der Waals surface area contributed by atoms with Crippen LogP contribution in [0, 0.1) is 5.41 Å². The standard InChI is InChI=1S/C16H23NO3/c1-17(11-13-7-3-4-8-14(13)20-2)12-16(15(18)19)9-5-6-10-16/h3-4,7-8H,5-6,9-12H2,1-2H3,(H,18,19). The minimum Gasteiger partial charge on any atom is -0.496 e. The van der Waals surface area contributed by atoms with Gasteiger partial charge in [0.15, 0.2) is 0 Å². The fourth-order valence-corrected chi connectivity index (χ4v) is 3.19. The molecule has 1 saturated carbocycles. The topological polar surface area (TPSA) is 49.8 Å². The molecule has 1 aromatic carbocycles. The number of para-hydroxylation sites is 1. The van der Waals surface area contributed by atoms with E-state index in [0.29, 0.717) is 13.1 Å². The molecule has 0 aliphatic heterocycles. The summed E-state index contributed by atoms with van der Waals surface area (Å²) in [6.07, 6.45) is 3.63. The highest BCUT2D eigenvalue weighted by molar-refractivity contribution is 5.75. The van der Waals surface area contributed by atoms with Crippen LogP contribution in [0.3, 0.4) is 0 Å². The molecule has 0 heterocycles. The molecule has 1 N–H and O–H groups in total. The van der Waals surface area contributed by atoms with Crippen molar-refractivity contribution in [1.82, 2.24) is 4.90 Å². The second-order valence-electron chi connectivity index (χ2n) is 5.78. The Kier molecular flexibility index (Phi) is 4.65. The zero-order valence-electron chi connectivity index (χ0n) is 12.3. The van der Waals surface area contributed by atoms with Gasteiger partial charge in [0.1, 0.15) is 5.75 Å². The summed E-state index contributed by atoms with van der Waals surface area (Å²) in [6, 6.07) is 7.88. The first-order valence-corrected chi connectivity index (χ1v) is 7.11. The number of carbonyl (C=O) groups is 1. The van der Waals surface area contributed by atoms with Crippen molar-refractivity contribution in [3.63, 3.8) is 0 Å². The molecule has 0 radical (unpaired) electrons. The lowest BCUT2D eigenvalue weighted by atomic mass is 9.85. The van der Waals surface area contributed by atoms with Gasteiger partial charge in [-0.1, -0.05) is 31.0 Å². The van der Waals surface area contributed by atoms with Gasteiger partial charge >= 0.3 is 5.97 Å². The molecule has 1 aromatic rings. The molecule has 110 valence electrons. The summed E-state index contributed by atoms with van der Waals surface area (Å²) < 4.78 is 5.35. The first-order chi connectivity index (χ1) is 9.57. The van der Waals surface area contributed by atoms with Crippen molar-refractivity contribution >= 4 is 5.97 Å². The molecule has 0 saturated heterocycles. The van der Waals surface area contributed by atoms with Crippen molar-refractivity contribution < 1.29 is 14.6 Å². The van der Waals surface area contributed by atoms with Crippen LogP contribution in [0.15, 0.2) is 24.3 Å². The number of aliphatic carboxylic acids is 1. The average Bonchev–Trinajstić information content (AvgIpc) is 2.89. The van der Waals surface area contributed by atoms with Crippen molar-refractivity contribution in [3.8, 4) is 5.75 Å². The summed E-state index contributed by atoms with van der Waals surface area (Å²) in [6.45, 7) is 1.30. The minimum absolute atomic E-state index is 0.559. The quantitative estimate of drug-likeness (QED) is 0.868. The fourth-order valence-electron chi connectivity index (χ4n) is 3.19. The summed E-state index contributed by atoms with van der Waals surface area (Å²) in [4.78, 5) is 13.7. The zero-order chi connectivity index (χ0) is 14.6. The number of carboxylic acids is 1. The van der Waals surface area contributed by atoms with Gasteiger partial charge in [-0.15, -0.1) is 0 Å². The molecular weight excluding hydrogens is 254 g/mol. The molecular formula is C16H23NO3. The number of hydrogen-bond acceptors (Lipinski definition) is 3. The highest BCUT2D eigenvalue weighted by Crippen LogP contribution is 2.39. The summed E-state index contributed by atoms with van der Waals surface area (Å²) >= 11 is 0. The van der Waals surface area contributed by atoms with Crippen LogP contribution >= 0.6 is 0 Å². The molecule has 0 unspecified atom stereocenters. The van der Waals surface area contributed by atoms with Crippen molar-refractivity contribution in [1.29, 1.82) is 0 Å². The molecule has 1 fully saturated rings. The number of benzene rings is 1. The van der Waals surface area contributed by atoms with Crippen LogP contribution in [0.25, 0.3) is 0 Å². The monoisotopic (exact) mass is 277 g/mol. The Hall–Kier alpha value is -1.55. The predicted molar refractivity (Wildman–Crippen MR) is 77.9 cm³/mol. The van der Waals surface area contributed by atoms with Gasteiger partial charge in [0.2, 0.25) is 0 Å². The number of hydrogen-bond donors (Lipinski definition) is 1. The molecule has 4 nitrogen and oxygen atoms in total. The lowest BCUT2D eigenvalue weighted by molar-refractivity contribution is -0.149. The average molecular weight is 277 g/mol. The van der Waals surface area contributed by atoms with Crippen LogP contribution in [-0.2, 0) is 11.3 Å². The number of nitrogens with zero attached hydrogens (tertiary/aromatic N) is 1. The molecule has 0 bridgehead atoms. The maximum absolute atomic E-state index is 11.6. The number of methoxy groups -OCH3 is 1. The zero-order valence-corrected chi connectivity index (χ0v) is 12.3. The van der Waals surface area contributed by atoms with Gasteiger partial charge in [0, 0.05) is 18.7 Å². The number of carboxylic acid groups (broad SMARTS) is 1. The molecule has 4 heteroatoms. The summed E-state index contributed by atoms with van der Waals surface area (Å²) in [5.74, 6) is 0.206. The van der Waals surface area contributed by atoms with Crippen LogP contribution in [0.5, 0.6) is 5.75 Å². The van der Waals surface area contributed by atoms with Crippen molar-refractivity contribution in [3.05, 3.63) is 29.8 Å². The van der Waals surface area contributed by atoms with E-state index in [1.165, 1.54) is 0 Å². The molecule has 0 spiro atoms. The van der Waals surface area contributed by atoms with Crippen LogP contribution in [-0.4, -0.2) is 36.7 Å². The maximum Gasteiger partial charge on any atom is 0.310 e. The third kappa shape index (κ3) is 3.12. The molecule has 2 rings (SSSR count). The largest absolute Gasteiger partial charge is 0.496 e. The van der Waals surface area contributed by atoms with Gasteiger partial charge < -0.3 is 14.7 Å². The maximum atomic E-state index is 11.6. The molecule has 0 aromatic heterocycles. The normalized spacial score (nSPS) is 17.4. The minimum atomic E-state index is -0.651. The summed E-state index contributed by atoms with van der Waals surface area (Å²) in [5.41, 5.74) is 0.535. The van der Waals surface area contributed by atoms with E-state index in [1.54, 1.807) is 7.11 Å². The van der Waals surface area contributed by atoms with E-state index in [2.05, 4.69) is 4.90 Å². The Morgan fingerprint density at radius 3 is 2.60 bits per heavy atom. The van der Waals surface area contributed by atoms with Crippen LogP contribution in [0.4, 0.5) is 0 Å². The predicted octanol–water partition coefficient (Wildman–Crippen LogP) is 2.77. The van der Waals surface area contributed by atoms with E-state index in [9.17, 15) is 9.90 Å². The molecule has 1 aliphatic rings. The summed E-state index contributed by atoms with van der Waals surface area (Å²) in [5, 5.41) is 9.53. The molecule has 0 amide bonds. The van der Waals surface area contributed by atoms with Gasteiger partial charge in [-0.2, -0.15) is 0 Å². The molecule has 20 heavy (non-hydrogen) atoms. The number of rotatable bonds is 6. The van der Waals surface area contributed by atoms with E-state index in [-0.39, 0.29) is 0 Å². The van der Waals surface area contributed by atoms with E-state index in [4.69, 9.17) is 4.74 Å². The van der Waals surface area contributed by atoms with Crippen molar-refractivity contribution in [2.45, 2.75) is 32.2 Å². The van der Waals surface area contributed by atoms with Gasteiger partial charge in [-0.05, 0) is 26.0 Å². The lowest BCUT2D eigenvalue weighted by Gasteiger charge is -2.30. The second kappa shape index (κ2) is 6.27. The Morgan fingerprint density at radius 1 is 1.35 bits per heavy atom. The van der Waals surface area contributed by atoms with Crippen LogP contribution in [0.2, 0.25) is 0 Å². The van der Waals surface area contributed by atoms with E-state index in [0.717, 1.165) is 37.0 Å². The third-order valence-corrected chi connectivity index (χ3v) is 4.22. The van der Waals surface area contributed by atoms with Crippen LogP contribution < -0.4 is 4.74 Å². The van der Waals surface area contributed by atoms with E-state index >= 15 is 0 Å². The van der Waals surface area contributed by atoms with E-state index in [1.807, 2.05) is 31.3 Å². The SMILES string of the molecule is COc1ccccc1CN(C)CC1(C(=O)O)CCCC1. The van der Waals surface area contributed by atoms with Gasteiger partial charge in [-0.3, -0.25) is 4.79 Å². The number of ether oxygens (including phenoxy) is 1. The Bertz CT molecular complexity index is 467. The second-order valence-corrected chi connectivity index (χ2v) is 5.78. The Morgan fingerprint density at radius 2 is 2.00 bits per heavy atom. The smallest absolute Gasteiger partial charge is 0.310 e. The van der Waals surface area contributed by atoms with Gasteiger partial charge in [0.05, 0.1) is 12.5 Å². The fraction of sp³-hybridized carbons (Fsp3) is 0.562. The third-order valence-electron chi connectivity index (χ3n) is 4.22. The first kappa shape index (κ1) is 14.9.